The van der Waals surface area contributed by atoms with Gasteiger partial charge in [0.1, 0.15) is 85.0 Å². The van der Waals surface area contributed by atoms with Gasteiger partial charge in [0.05, 0.1) is 22.7 Å². The number of fused-ring (bicyclic) bond motifs is 21. The molecule has 0 bridgehead atoms. The van der Waals surface area contributed by atoms with Crippen molar-refractivity contribution in [1.29, 1.82) is 0 Å². The van der Waals surface area contributed by atoms with Crippen LogP contribution in [-0.2, 0) is 0 Å². The molecular weight excluding hydrogens is 1230 g/mol. The lowest BCUT2D eigenvalue weighted by molar-refractivity contribution is 0.560. The number of pyridine rings is 7. The van der Waals surface area contributed by atoms with Crippen LogP contribution in [0.4, 0.5) is 0 Å². The van der Waals surface area contributed by atoms with E-state index in [1.165, 1.54) is 49.5 Å². The third-order valence-electron chi connectivity index (χ3n) is 19.0. The van der Waals surface area contributed by atoms with Gasteiger partial charge in [0, 0.05) is 99.7 Å². The average Bonchev–Trinajstić information content (AvgIpc) is 1.69. The summed E-state index contributed by atoms with van der Waals surface area (Å²) in [5.41, 5.74) is 25.8. The quantitative estimate of drug-likeness (QED) is 0.141. The molecule has 18 nitrogen and oxygen atoms in total. The summed E-state index contributed by atoms with van der Waals surface area (Å²) in [4.78, 5) is 17.8. The van der Waals surface area contributed by atoms with Gasteiger partial charge in [0.2, 0.25) is 22.9 Å². The van der Waals surface area contributed by atoms with Gasteiger partial charge in [0.25, 0.3) is 0 Å². The third kappa shape index (κ3) is 10.6. The highest BCUT2D eigenvalue weighted by Gasteiger charge is 2.19. The smallest absolute Gasteiger partial charge is 0.245 e. The van der Waals surface area contributed by atoms with Crippen LogP contribution in [-0.4, -0.2) is 50.7 Å². The Morgan fingerprint density at radius 2 is 0.612 bits per heavy atom. The van der Waals surface area contributed by atoms with Crippen LogP contribution < -0.4 is 0 Å². The Morgan fingerprint density at radius 3 is 1.04 bits per heavy atom. The highest BCUT2D eigenvalue weighted by Crippen LogP contribution is 2.34. The molecule has 18 heteroatoms. The van der Waals surface area contributed by atoms with E-state index in [4.69, 9.17) is 30.9 Å². The molecule has 0 unspecified atom stereocenters. The highest BCUT2D eigenvalue weighted by atomic mass is 16.4. The van der Waals surface area contributed by atoms with Gasteiger partial charge in [-0.2, -0.15) is 9.97 Å². The van der Waals surface area contributed by atoms with Gasteiger partial charge < -0.3 is 44.1 Å². The van der Waals surface area contributed by atoms with E-state index in [1.807, 2.05) is 224 Å². The predicted molar refractivity (Wildman–Crippen MR) is 388 cm³/mol. The van der Waals surface area contributed by atoms with Gasteiger partial charge in [-0.05, 0) is 193 Å². The Balaban J connectivity index is 0.0000000933. The van der Waals surface area contributed by atoms with Gasteiger partial charge in [0.15, 0.2) is 16.7 Å². The van der Waals surface area contributed by atoms with E-state index in [0.29, 0.717) is 0 Å². The Hall–Kier alpha value is -12.2. The van der Waals surface area contributed by atoms with Crippen LogP contribution in [0, 0.1) is 96.9 Å². The number of rotatable bonds is 0. The molecule has 98 heavy (non-hydrogen) atoms. The van der Waals surface area contributed by atoms with E-state index in [-0.39, 0.29) is 0 Å². The van der Waals surface area contributed by atoms with Gasteiger partial charge in [-0.1, -0.05) is 42.5 Å². The molecule has 0 aliphatic rings. The van der Waals surface area contributed by atoms with Crippen LogP contribution in [0.1, 0.15) is 79.3 Å². The van der Waals surface area contributed by atoms with E-state index in [0.717, 1.165) is 147 Å². The fourth-order valence-electron chi connectivity index (χ4n) is 12.7. The monoisotopic (exact) mass is 1300 g/mol. The zero-order valence-electron chi connectivity index (χ0n) is 57.2. The maximum absolute atomic E-state index is 5.73. The molecule has 21 rings (SSSR count). The van der Waals surface area contributed by atoms with Crippen molar-refractivity contribution >= 4 is 117 Å². The maximum Gasteiger partial charge on any atom is 0.245 e. The van der Waals surface area contributed by atoms with Crippen LogP contribution in [0.3, 0.4) is 0 Å². The molecule has 0 saturated heterocycles. The topological polar surface area (TPSA) is 174 Å². The van der Waals surface area contributed by atoms with Crippen molar-refractivity contribution in [1.82, 2.24) is 50.7 Å². The highest BCUT2D eigenvalue weighted by molar-refractivity contribution is 5.98. The van der Waals surface area contributed by atoms with Crippen molar-refractivity contribution < 1.29 is 30.9 Å². The lowest BCUT2D eigenvalue weighted by Crippen LogP contribution is -1.83. The molecule has 0 aromatic carbocycles. The summed E-state index contributed by atoms with van der Waals surface area (Å²) in [6, 6.07) is 42.2. The number of aryl methyl sites for hydroxylation is 14. The molecule has 0 amide bonds. The van der Waals surface area contributed by atoms with Gasteiger partial charge in [-0.3, -0.25) is 17.6 Å². The van der Waals surface area contributed by atoms with Gasteiger partial charge in [-0.15, -0.1) is 0 Å². The minimum Gasteiger partial charge on any atom is -0.459 e. The minimum atomic E-state index is 0.728. The Labute approximate surface area is 561 Å². The van der Waals surface area contributed by atoms with Crippen LogP contribution in [0.5, 0.6) is 0 Å². The molecule has 0 aliphatic heterocycles. The third-order valence-corrected chi connectivity index (χ3v) is 19.0. The van der Waals surface area contributed by atoms with E-state index in [9.17, 15) is 0 Å². The molecule has 0 radical (unpaired) electrons. The normalized spacial score (nSPS) is 11.6. The number of hydrogen-bond acceptors (Lipinski definition) is 11. The number of imidazole rings is 4. The Kier molecular flexibility index (Phi) is 15.5. The summed E-state index contributed by atoms with van der Waals surface area (Å²) in [7, 11) is 0. The summed E-state index contributed by atoms with van der Waals surface area (Å²) >= 11 is 0. The zero-order chi connectivity index (χ0) is 67.9. The van der Waals surface area contributed by atoms with E-state index in [2.05, 4.69) is 113 Å². The average molecular weight is 1300 g/mol. The largest absolute Gasteiger partial charge is 0.459 e. The summed E-state index contributed by atoms with van der Waals surface area (Å²) in [5, 5.41) is 3.67. The maximum atomic E-state index is 5.73. The second-order valence-electron chi connectivity index (χ2n) is 24.9. The van der Waals surface area contributed by atoms with E-state index >= 15 is 0 Å². The van der Waals surface area contributed by atoms with Crippen molar-refractivity contribution in [3.05, 3.63) is 269 Å². The Bertz CT molecular complexity index is 5790. The molecule has 490 valence electrons. The predicted octanol–water partition coefficient (Wildman–Crippen LogP) is 20.7. The van der Waals surface area contributed by atoms with Crippen molar-refractivity contribution in [3.8, 4) is 0 Å². The first-order valence-electron chi connectivity index (χ1n) is 32.6. The summed E-state index contributed by atoms with van der Waals surface area (Å²) in [6.45, 7) is 28.4. The van der Waals surface area contributed by atoms with E-state index in [1.54, 1.807) is 0 Å². The van der Waals surface area contributed by atoms with E-state index < -0.39 is 0 Å². The molecule has 0 spiro atoms. The van der Waals surface area contributed by atoms with Gasteiger partial charge in [-0.25, -0.2) is 9.97 Å². The number of furan rings is 7. The summed E-state index contributed by atoms with van der Waals surface area (Å²) in [6.07, 6.45) is 20.3. The fourth-order valence-corrected chi connectivity index (χ4v) is 12.7. The molecule has 21 aromatic heterocycles. The van der Waals surface area contributed by atoms with Gasteiger partial charge >= 0.3 is 0 Å². The van der Waals surface area contributed by atoms with Crippen molar-refractivity contribution in [2.75, 3.05) is 0 Å². The number of hydrogen-bond donors (Lipinski definition) is 0. The van der Waals surface area contributed by atoms with Crippen molar-refractivity contribution in [3.63, 3.8) is 0 Å². The molecule has 21 aromatic rings. The van der Waals surface area contributed by atoms with Crippen LogP contribution in [0.15, 0.2) is 220 Å². The fraction of sp³-hybridized carbons (Fsp3) is 0.175. The molecule has 0 atom stereocenters. The number of aromatic nitrogens is 11. The Morgan fingerprint density at radius 1 is 0.276 bits per heavy atom. The molecule has 0 fully saturated rings. The zero-order valence-corrected chi connectivity index (χ0v) is 57.2. The lowest BCUT2D eigenvalue weighted by atomic mass is 10.2. The van der Waals surface area contributed by atoms with Crippen molar-refractivity contribution in [2.24, 2.45) is 0 Å². The second kappa shape index (κ2) is 24.5. The lowest BCUT2D eigenvalue weighted by Gasteiger charge is -1.93. The summed E-state index contributed by atoms with van der Waals surface area (Å²) < 4.78 is 53.9. The minimum absolute atomic E-state index is 0.728. The van der Waals surface area contributed by atoms with Crippen molar-refractivity contribution in [2.45, 2.75) is 96.9 Å². The molecule has 0 saturated carbocycles. The number of nitrogens with zero attached hydrogens (tertiary/aromatic N) is 11. The van der Waals surface area contributed by atoms with Crippen LogP contribution in [0.25, 0.3) is 117 Å². The first-order chi connectivity index (χ1) is 47.4. The standard InChI is InChI=1S/3C12H11NO.4C11H10N2O/c2*1-8-9(2)14-12-10(8)7-13-6-4-3-5-11(12)13;1-8-9(2)14-11-7-13-6-4-3-5-10(13)12(8)11;2*1-7-8(2)14-11-10(7)13-6-4-3-5-9(13)12-11;2*1-7-8(2)14-11-10(7)12-9-5-3-4-6-13(9)11/h3*3-7H,1-2H3;4*3-6H,1-2H3. The molecule has 0 N–H and O–H groups in total. The molecule has 21 heterocycles. The molecular formula is C80H73N11O7. The SMILES string of the molecule is Cc1oc2c(cn3ccccc23)c1C.Cc1oc2c(cn3ccccc23)c1C.Cc1oc2c(nc3ccccn32)c1C.Cc1oc2c(nc3ccccn32)c1C.Cc1oc2cn3ccccc3c2c1C.Cc1oc2nc3ccccn3c2c1C.Cc1oc2nc3ccccn3c2c1C. The molecule has 0 aliphatic carbocycles. The summed E-state index contributed by atoms with van der Waals surface area (Å²) in [5.74, 6) is 6.83. The second-order valence-corrected chi connectivity index (χ2v) is 24.9. The first-order valence-corrected chi connectivity index (χ1v) is 32.6. The van der Waals surface area contributed by atoms with Crippen LogP contribution >= 0.6 is 0 Å². The first kappa shape index (κ1) is 62.0. The van der Waals surface area contributed by atoms with Crippen LogP contribution in [0.2, 0.25) is 0 Å².